The molecule has 0 bridgehead atoms. The first-order valence-electron chi connectivity index (χ1n) is 5.74. The second-order valence-corrected chi connectivity index (χ2v) is 4.99. The molecule has 3 heteroatoms. The summed E-state index contributed by atoms with van der Waals surface area (Å²) >= 11 is 0. The first-order chi connectivity index (χ1) is 7.59. The van der Waals surface area contributed by atoms with Gasteiger partial charge in [-0.15, -0.1) is 0 Å². The van der Waals surface area contributed by atoms with Gasteiger partial charge in [0.25, 0.3) is 0 Å². The molecule has 1 heterocycles. The number of piperidine rings is 1. The van der Waals surface area contributed by atoms with Crippen LogP contribution in [0.15, 0.2) is 18.2 Å². The quantitative estimate of drug-likeness (QED) is 0.816. The van der Waals surface area contributed by atoms with Gasteiger partial charge in [0.1, 0.15) is 0 Å². The van der Waals surface area contributed by atoms with Gasteiger partial charge in [0.05, 0.1) is 0 Å². The lowest BCUT2D eigenvalue weighted by atomic mass is 9.76. The van der Waals surface area contributed by atoms with Gasteiger partial charge >= 0.3 is 0 Å². The number of halogens is 2. The Balaban J connectivity index is 2.10. The molecular weight excluding hydrogens is 208 g/mol. The molecule has 0 aliphatic carbocycles. The van der Waals surface area contributed by atoms with E-state index in [0.29, 0.717) is 0 Å². The van der Waals surface area contributed by atoms with Crippen molar-refractivity contribution < 1.29 is 8.78 Å². The molecule has 0 saturated carbocycles. The molecule has 0 aromatic heterocycles. The second kappa shape index (κ2) is 4.50. The topological polar surface area (TPSA) is 12.0 Å². The second-order valence-electron chi connectivity index (χ2n) is 4.99. The van der Waals surface area contributed by atoms with E-state index in [1.165, 1.54) is 12.1 Å². The number of hydrogen-bond acceptors (Lipinski definition) is 1. The summed E-state index contributed by atoms with van der Waals surface area (Å²) in [6, 6.07) is 4.23. The SMILES string of the molecule is CC1(Cc2ccc(F)c(F)c2)CCNCC1. The zero-order chi connectivity index (χ0) is 11.6. The average molecular weight is 225 g/mol. The molecule has 1 nitrogen and oxygen atoms in total. The van der Waals surface area contributed by atoms with E-state index in [0.717, 1.165) is 37.9 Å². The maximum absolute atomic E-state index is 13.1. The highest BCUT2D eigenvalue weighted by molar-refractivity contribution is 5.19. The van der Waals surface area contributed by atoms with E-state index in [9.17, 15) is 8.78 Å². The molecule has 0 spiro atoms. The van der Waals surface area contributed by atoms with E-state index in [2.05, 4.69) is 12.2 Å². The smallest absolute Gasteiger partial charge is 0.159 e. The van der Waals surface area contributed by atoms with Crippen LogP contribution in [0, 0.1) is 17.0 Å². The molecule has 2 rings (SSSR count). The van der Waals surface area contributed by atoms with Crippen molar-refractivity contribution in [3.05, 3.63) is 35.4 Å². The number of rotatable bonds is 2. The number of nitrogens with one attached hydrogen (secondary N) is 1. The summed E-state index contributed by atoms with van der Waals surface area (Å²) in [5.74, 6) is -1.51. The van der Waals surface area contributed by atoms with Gasteiger partial charge in [0.2, 0.25) is 0 Å². The molecule has 1 aliphatic heterocycles. The van der Waals surface area contributed by atoms with Crippen LogP contribution in [-0.4, -0.2) is 13.1 Å². The predicted octanol–water partition coefficient (Wildman–Crippen LogP) is 2.90. The molecule has 1 aromatic rings. The Hall–Kier alpha value is -0.960. The van der Waals surface area contributed by atoms with E-state index in [4.69, 9.17) is 0 Å². The number of benzene rings is 1. The van der Waals surface area contributed by atoms with Crippen molar-refractivity contribution in [2.45, 2.75) is 26.2 Å². The van der Waals surface area contributed by atoms with Crippen molar-refractivity contribution in [2.24, 2.45) is 5.41 Å². The van der Waals surface area contributed by atoms with Crippen molar-refractivity contribution in [1.29, 1.82) is 0 Å². The van der Waals surface area contributed by atoms with Crippen LogP contribution >= 0.6 is 0 Å². The molecule has 0 amide bonds. The van der Waals surface area contributed by atoms with Gasteiger partial charge in [-0.2, -0.15) is 0 Å². The van der Waals surface area contributed by atoms with Gasteiger partial charge < -0.3 is 5.32 Å². The van der Waals surface area contributed by atoms with Crippen LogP contribution in [0.25, 0.3) is 0 Å². The fourth-order valence-electron chi connectivity index (χ4n) is 2.35. The molecule has 1 saturated heterocycles. The molecule has 1 aliphatic rings. The summed E-state index contributed by atoms with van der Waals surface area (Å²) < 4.78 is 25.9. The summed E-state index contributed by atoms with van der Waals surface area (Å²) in [4.78, 5) is 0. The third kappa shape index (κ3) is 2.59. The molecule has 16 heavy (non-hydrogen) atoms. The van der Waals surface area contributed by atoms with Crippen molar-refractivity contribution in [3.8, 4) is 0 Å². The Labute approximate surface area is 94.9 Å². The van der Waals surface area contributed by atoms with Crippen LogP contribution in [0.1, 0.15) is 25.3 Å². The lowest BCUT2D eigenvalue weighted by Gasteiger charge is -2.34. The van der Waals surface area contributed by atoms with Gasteiger partial charge in [-0.3, -0.25) is 0 Å². The fraction of sp³-hybridized carbons (Fsp3) is 0.538. The maximum Gasteiger partial charge on any atom is 0.159 e. The summed E-state index contributed by atoms with van der Waals surface area (Å²) in [5, 5.41) is 3.31. The highest BCUT2D eigenvalue weighted by Gasteiger charge is 2.26. The van der Waals surface area contributed by atoms with Crippen LogP contribution in [0.2, 0.25) is 0 Å². The lowest BCUT2D eigenvalue weighted by Crippen LogP contribution is -2.36. The van der Waals surface area contributed by atoms with Gasteiger partial charge in [0.15, 0.2) is 11.6 Å². The van der Waals surface area contributed by atoms with Gasteiger partial charge in [-0.1, -0.05) is 13.0 Å². The molecule has 0 atom stereocenters. The average Bonchev–Trinajstić information content (AvgIpc) is 2.24. The van der Waals surface area contributed by atoms with E-state index < -0.39 is 11.6 Å². The Morgan fingerprint density at radius 1 is 1.19 bits per heavy atom. The highest BCUT2D eigenvalue weighted by atomic mass is 19.2. The Bertz CT molecular complexity index is 370. The highest BCUT2D eigenvalue weighted by Crippen LogP contribution is 2.32. The van der Waals surface area contributed by atoms with E-state index in [-0.39, 0.29) is 5.41 Å². The largest absolute Gasteiger partial charge is 0.317 e. The normalized spacial score (nSPS) is 19.7. The first kappa shape index (κ1) is 11.5. The molecular formula is C13H17F2N. The van der Waals surface area contributed by atoms with E-state index in [1.54, 1.807) is 6.07 Å². The standard InChI is InChI=1S/C13H17F2N/c1-13(4-6-16-7-5-13)9-10-2-3-11(14)12(15)8-10/h2-3,8,16H,4-7,9H2,1H3. The monoisotopic (exact) mass is 225 g/mol. The molecule has 88 valence electrons. The minimum atomic E-state index is -0.765. The molecule has 1 aromatic carbocycles. The summed E-state index contributed by atoms with van der Waals surface area (Å²) in [7, 11) is 0. The Kier molecular flexibility index (Phi) is 3.24. The minimum absolute atomic E-state index is 0.218. The molecule has 0 radical (unpaired) electrons. The van der Waals surface area contributed by atoms with Gasteiger partial charge in [-0.05, 0) is 55.5 Å². The van der Waals surface area contributed by atoms with Crippen molar-refractivity contribution in [3.63, 3.8) is 0 Å². The third-order valence-corrected chi connectivity index (χ3v) is 3.43. The Morgan fingerprint density at radius 3 is 2.50 bits per heavy atom. The van der Waals surface area contributed by atoms with Crippen molar-refractivity contribution in [1.82, 2.24) is 5.32 Å². The third-order valence-electron chi connectivity index (χ3n) is 3.43. The van der Waals surface area contributed by atoms with Gasteiger partial charge in [-0.25, -0.2) is 8.78 Å². The molecule has 0 unspecified atom stereocenters. The van der Waals surface area contributed by atoms with Crippen LogP contribution in [-0.2, 0) is 6.42 Å². The fourth-order valence-corrected chi connectivity index (χ4v) is 2.35. The van der Waals surface area contributed by atoms with Crippen molar-refractivity contribution in [2.75, 3.05) is 13.1 Å². The summed E-state index contributed by atoms with van der Waals surface area (Å²) in [6.07, 6.45) is 3.00. The van der Waals surface area contributed by atoms with Crippen LogP contribution < -0.4 is 5.32 Å². The van der Waals surface area contributed by atoms with Crippen molar-refractivity contribution >= 4 is 0 Å². The number of hydrogen-bond donors (Lipinski definition) is 1. The zero-order valence-corrected chi connectivity index (χ0v) is 9.52. The zero-order valence-electron chi connectivity index (χ0n) is 9.52. The first-order valence-corrected chi connectivity index (χ1v) is 5.74. The summed E-state index contributed by atoms with van der Waals surface area (Å²) in [6.45, 7) is 4.25. The van der Waals surface area contributed by atoms with Crippen LogP contribution in [0.5, 0.6) is 0 Å². The molecule has 1 fully saturated rings. The van der Waals surface area contributed by atoms with E-state index in [1.807, 2.05) is 0 Å². The van der Waals surface area contributed by atoms with Gasteiger partial charge in [0, 0.05) is 0 Å². The minimum Gasteiger partial charge on any atom is -0.317 e. The maximum atomic E-state index is 13.1. The van der Waals surface area contributed by atoms with Crippen LogP contribution in [0.3, 0.4) is 0 Å². The predicted molar refractivity (Wildman–Crippen MR) is 60.3 cm³/mol. The van der Waals surface area contributed by atoms with Crippen LogP contribution in [0.4, 0.5) is 8.78 Å². The van der Waals surface area contributed by atoms with E-state index >= 15 is 0 Å². The lowest BCUT2D eigenvalue weighted by molar-refractivity contribution is 0.228. The Morgan fingerprint density at radius 2 is 1.88 bits per heavy atom. The molecule has 1 N–H and O–H groups in total. The summed E-state index contributed by atoms with van der Waals surface area (Å²) in [5.41, 5.74) is 1.11.